The fraction of sp³-hybridized carbons (Fsp3) is 1.00. The van der Waals surface area contributed by atoms with Gasteiger partial charge in [-0.3, -0.25) is 0 Å². The lowest BCUT2D eigenvalue weighted by Gasteiger charge is -2.14. The Morgan fingerprint density at radius 1 is 0.345 bits per heavy atom. The smallest absolute Gasteiger partial charge is 0.0541 e. The maximum atomic E-state index is 10.1. The van der Waals surface area contributed by atoms with Crippen LogP contribution in [-0.4, -0.2) is 22.4 Å². The van der Waals surface area contributed by atoms with Crippen LogP contribution in [0.4, 0.5) is 0 Å². The Bertz CT molecular complexity index is 292. The van der Waals surface area contributed by atoms with Crippen LogP contribution < -0.4 is 0 Å². The molecule has 0 spiro atoms. The Hall–Kier alpha value is -0.0800. The molecule has 176 valence electrons. The predicted molar refractivity (Wildman–Crippen MR) is 130 cm³/mol. The van der Waals surface area contributed by atoms with Crippen LogP contribution in [0.3, 0.4) is 0 Å². The lowest BCUT2D eigenvalue weighted by molar-refractivity contribution is 0.101. The summed E-state index contributed by atoms with van der Waals surface area (Å²) in [5.41, 5.74) is 0. The number of hydrogen-bond donors (Lipinski definition) is 2. The van der Waals surface area contributed by atoms with Gasteiger partial charge < -0.3 is 10.2 Å². The fourth-order valence-corrected chi connectivity index (χ4v) is 4.23. The van der Waals surface area contributed by atoms with Gasteiger partial charge in [-0.2, -0.15) is 0 Å². The standard InChI is InChI=1S/C27H56O2/c1-3-5-7-9-11-13-15-17-19-21-23-27(29)25-24-26(28)22-20-18-16-14-12-10-8-6-4-2/h26-29H,3-25H2,1-2H3. The van der Waals surface area contributed by atoms with E-state index >= 15 is 0 Å². The van der Waals surface area contributed by atoms with Crippen molar-refractivity contribution in [2.45, 2.75) is 174 Å². The van der Waals surface area contributed by atoms with Crippen molar-refractivity contribution >= 4 is 0 Å². The Balaban J connectivity index is 3.29. The average molecular weight is 413 g/mol. The van der Waals surface area contributed by atoms with Crippen LogP contribution in [0.15, 0.2) is 0 Å². The van der Waals surface area contributed by atoms with E-state index in [1.165, 1.54) is 109 Å². The van der Waals surface area contributed by atoms with E-state index in [0.717, 1.165) is 38.5 Å². The zero-order chi connectivity index (χ0) is 21.4. The predicted octanol–water partition coefficient (Wildman–Crippen LogP) is 8.72. The molecule has 0 aromatic rings. The first-order chi connectivity index (χ1) is 14.2. The molecule has 2 unspecified atom stereocenters. The third-order valence-corrected chi connectivity index (χ3v) is 6.36. The lowest BCUT2D eigenvalue weighted by atomic mass is 10.00. The summed E-state index contributed by atoms with van der Waals surface area (Å²) in [6, 6.07) is 0. The van der Waals surface area contributed by atoms with E-state index in [2.05, 4.69) is 13.8 Å². The van der Waals surface area contributed by atoms with E-state index in [1.807, 2.05) is 0 Å². The average Bonchev–Trinajstić information content (AvgIpc) is 2.72. The monoisotopic (exact) mass is 412 g/mol. The van der Waals surface area contributed by atoms with Gasteiger partial charge in [0.1, 0.15) is 0 Å². The Morgan fingerprint density at radius 3 is 0.862 bits per heavy atom. The molecule has 2 N–H and O–H groups in total. The summed E-state index contributed by atoms with van der Waals surface area (Å²) in [7, 11) is 0. The first-order valence-corrected chi connectivity index (χ1v) is 13.6. The minimum atomic E-state index is -0.207. The zero-order valence-electron chi connectivity index (χ0n) is 20.3. The molecular weight excluding hydrogens is 356 g/mol. The van der Waals surface area contributed by atoms with Gasteiger partial charge in [0.25, 0.3) is 0 Å². The molecule has 0 heterocycles. The number of aliphatic hydroxyl groups is 2. The highest BCUT2D eigenvalue weighted by molar-refractivity contribution is 4.63. The van der Waals surface area contributed by atoms with Crippen molar-refractivity contribution in [1.29, 1.82) is 0 Å². The number of unbranched alkanes of at least 4 members (excludes halogenated alkanes) is 17. The normalized spacial score (nSPS) is 13.7. The molecule has 2 heteroatoms. The third-order valence-electron chi connectivity index (χ3n) is 6.36. The first kappa shape index (κ1) is 28.9. The highest BCUT2D eigenvalue weighted by Crippen LogP contribution is 2.16. The van der Waals surface area contributed by atoms with Gasteiger partial charge in [0.2, 0.25) is 0 Å². The van der Waals surface area contributed by atoms with Crippen molar-refractivity contribution in [1.82, 2.24) is 0 Å². The molecule has 29 heavy (non-hydrogen) atoms. The van der Waals surface area contributed by atoms with Crippen molar-refractivity contribution in [3.05, 3.63) is 0 Å². The van der Waals surface area contributed by atoms with Gasteiger partial charge >= 0.3 is 0 Å². The number of aliphatic hydroxyl groups excluding tert-OH is 2. The van der Waals surface area contributed by atoms with Crippen molar-refractivity contribution in [2.75, 3.05) is 0 Å². The minimum absolute atomic E-state index is 0.207. The van der Waals surface area contributed by atoms with Gasteiger partial charge in [0.15, 0.2) is 0 Å². The Labute approximate surface area is 184 Å². The molecule has 0 radical (unpaired) electrons. The van der Waals surface area contributed by atoms with Gasteiger partial charge in [-0.05, 0) is 25.7 Å². The molecule has 0 saturated carbocycles. The maximum Gasteiger partial charge on any atom is 0.0541 e. The molecule has 0 aliphatic carbocycles. The van der Waals surface area contributed by atoms with Crippen molar-refractivity contribution in [3.63, 3.8) is 0 Å². The molecule has 0 aliphatic heterocycles. The Kier molecular flexibility index (Phi) is 24.1. The lowest BCUT2D eigenvalue weighted by Crippen LogP contribution is -2.13. The van der Waals surface area contributed by atoms with Gasteiger partial charge in [-0.25, -0.2) is 0 Å². The van der Waals surface area contributed by atoms with Crippen LogP contribution in [0.5, 0.6) is 0 Å². The van der Waals surface area contributed by atoms with Gasteiger partial charge in [-0.15, -0.1) is 0 Å². The van der Waals surface area contributed by atoms with E-state index in [9.17, 15) is 10.2 Å². The summed E-state index contributed by atoms with van der Waals surface area (Å²) in [6.07, 6.45) is 28.4. The van der Waals surface area contributed by atoms with Gasteiger partial charge in [0, 0.05) is 0 Å². The largest absolute Gasteiger partial charge is 0.393 e. The van der Waals surface area contributed by atoms with Crippen LogP contribution in [0.1, 0.15) is 162 Å². The first-order valence-electron chi connectivity index (χ1n) is 13.6. The van der Waals surface area contributed by atoms with E-state index < -0.39 is 0 Å². The second-order valence-corrected chi connectivity index (χ2v) is 9.47. The topological polar surface area (TPSA) is 40.5 Å². The minimum Gasteiger partial charge on any atom is -0.393 e. The van der Waals surface area contributed by atoms with E-state index in [0.29, 0.717) is 0 Å². The molecule has 0 aromatic carbocycles. The molecule has 2 nitrogen and oxygen atoms in total. The highest BCUT2D eigenvalue weighted by atomic mass is 16.3. The summed E-state index contributed by atoms with van der Waals surface area (Å²) in [6.45, 7) is 4.54. The summed E-state index contributed by atoms with van der Waals surface area (Å²) >= 11 is 0. The summed E-state index contributed by atoms with van der Waals surface area (Å²) in [4.78, 5) is 0. The molecule has 0 fully saturated rings. The van der Waals surface area contributed by atoms with E-state index in [-0.39, 0.29) is 12.2 Å². The fourth-order valence-electron chi connectivity index (χ4n) is 4.23. The summed E-state index contributed by atoms with van der Waals surface area (Å²) in [5.74, 6) is 0. The van der Waals surface area contributed by atoms with Crippen LogP contribution in [-0.2, 0) is 0 Å². The van der Waals surface area contributed by atoms with Crippen LogP contribution >= 0.6 is 0 Å². The highest BCUT2D eigenvalue weighted by Gasteiger charge is 2.09. The van der Waals surface area contributed by atoms with E-state index in [4.69, 9.17) is 0 Å². The van der Waals surface area contributed by atoms with Crippen molar-refractivity contribution < 1.29 is 10.2 Å². The third kappa shape index (κ3) is 24.1. The second-order valence-electron chi connectivity index (χ2n) is 9.47. The number of hydrogen-bond acceptors (Lipinski definition) is 2. The molecule has 2 atom stereocenters. The molecular formula is C27H56O2. The second kappa shape index (κ2) is 24.2. The van der Waals surface area contributed by atoms with Gasteiger partial charge in [0.05, 0.1) is 12.2 Å². The van der Waals surface area contributed by atoms with Crippen molar-refractivity contribution in [3.8, 4) is 0 Å². The molecule has 0 rings (SSSR count). The van der Waals surface area contributed by atoms with Gasteiger partial charge in [-0.1, -0.05) is 136 Å². The van der Waals surface area contributed by atoms with Crippen molar-refractivity contribution in [2.24, 2.45) is 0 Å². The molecule has 0 bridgehead atoms. The molecule has 0 aromatic heterocycles. The SMILES string of the molecule is CCCCCCCCCCCCC(O)CCC(O)CCCCCCCCCCC. The quantitative estimate of drug-likeness (QED) is 0.156. The van der Waals surface area contributed by atoms with Crippen LogP contribution in [0, 0.1) is 0 Å². The van der Waals surface area contributed by atoms with E-state index in [1.54, 1.807) is 0 Å². The summed E-state index contributed by atoms with van der Waals surface area (Å²) in [5, 5.41) is 20.3. The molecule has 0 saturated heterocycles. The van der Waals surface area contributed by atoms with Crippen LogP contribution in [0.2, 0.25) is 0 Å². The van der Waals surface area contributed by atoms with Crippen LogP contribution in [0.25, 0.3) is 0 Å². The maximum absolute atomic E-state index is 10.1. The zero-order valence-corrected chi connectivity index (χ0v) is 20.3. The Morgan fingerprint density at radius 2 is 0.586 bits per heavy atom. The molecule has 0 amide bonds. The number of rotatable bonds is 24. The summed E-state index contributed by atoms with van der Waals surface area (Å²) < 4.78 is 0. The molecule has 0 aliphatic rings.